The van der Waals surface area contributed by atoms with Gasteiger partial charge in [-0.3, -0.25) is 0 Å². The Kier molecular flexibility index (Phi) is 3.52. The van der Waals surface area contributed by atoms with Crippen LogP contribution in [-0.2, 0) is 6.42 Å². The summed E-state index contributed by atoms with van der Waals surface area (Å²) in [5.41, 5.74) is 2.13. The Hall–Kier alpha value is -1.06. The number of hydrogen-bond donors (Lipinski definition) is 1. The van der Waals surface area contributed by atoms with Crippen LogP contribution in [0.1, 0.15) is 25.0 Å². The number of piperidine rings is 1. The second kappa shape index (κ2) is 5.29. The molecule has 0 bridgehead atoms. The molecule has 2 aromatic rings. The number of pyridine rings is 1. The van der Waals surface area contributed by atoms with E-state index >= 15 is 0 Å². The zero-order chi connectivity index (χ0) is 12.4. The first-order valence-corrected chi connectivity index (χ1v) is 7.05. The van der Waals surface area contributed by atoms with Crippen LogP contribution in [0.5, 0.6) is 0 Å². The number of likely N-dealkylation sites (tertiary alicyclic amines) is 1. The van der Waals surface area contributed by atoms with Gasteiger partial charge in [0.2, 0.25) is 0 Å². The van der Waals surface area contributed by atoms with E-state index in [-0.39, 0.29) is 0 Å². The van der Waals surface area contributed by atoms with Crippen molar-refractivity contribution < 1.29 is 0 Å². The number of hydrogen-bond acceptors (Lipinski definition) is 2. The molecule has 3 heterocycles. The van der Waals surface area contributed by atoms with E-state index in [0.717, 1.165) is 29.0 Å². The third kappa shape index (κ3) is 2.52. The first-order valence-electron chi connectivity index (χ1n) is 6.67. The minimum atomic E-state index is 0.778. The smallest absolute Gasteiger partial charge is 0.138 e. The van der Waals surface area contributed by atoms with E-state index in [1.807, 2.05) is 6.07 Å². The quantitative estimate of drug-likeness (QED) is 0.922. The molecule has 0 saturated carbocycles. The van der Waals surface area contributed by atoms with Gasteiger partial charge in [0.1, 0.15) is 5.65 Å². The summed E-state index contributed by atoms with van der Waals surface area (Å²) in [5, 5.41) is 1.81. The first-order chi connectivity index (χ1) is 8.83. The molecular formula is C14H18ClN3. The predicted octanol–water partition coefficient (Wildman–Crippen LogP) is 3.24. The molecule has 0 atom stereocenters. The number of rotatable bonds is 3. The lowest BCUT2D eigenvalue weighted by molar-refractivity contribution is 0.231. The van der Waals surface area contributed by atoms with Crippen LogP contribution in [-0.4, -0.2) is 34.5 Å². The molecule has 0 aromatic carbocycles. The largest absolute Gasteiger partial charge is 0.343 e. The maximum Gasteiger partial charge on any atom is 0.138 e. The molecule has 1 aliphatic heterocycles. The summed E-state index contributed by atoms with van der Waals surface area (Å²) in [7, 11) is 0. The molecule has 0 radical (unpaired) electrons. The number of nitrogens with one attached hydrogen (secondary N) is 1. The van der Waals surface area contributed by atoms with Crippen molar-refractivity contribution in [3.63, 3.8) is 0 Å². The molecule has 0 amide bonds. The average Bonchev–Trinajstić information content (AvgIpc) is 2.82. The van der Waals surface area contributed by atoms with E-state index in [9.17, 15) is 0 Å². The van der Waals surface area contributed by atoms with Crippen LogP contribution in [0.3, 0.4) is 0 Å². The summed E-state index contributed by atoms with van der Waals surface area (Å²) in [6, 6.07) is 3.97. The fraction of sp³-hybridized carbons (Fsp3) is 0.500. The third-order valence-corrected chi connectivity index (χ3v) is 4.01. The number of fused-ring (bicyclic) bond motifs is 1. The highest BCUT2D eigenvalue weighted by Gasteiger charge is 2.11. The van der Waals surface area contributed by atoms with Gasteiger partial charge in [0.25, 0.3) is 0 Å². The third-order valence-electron chi connectivity index (χ3n) is 3.68. The lowest BCUT2D eigenvalue weighted by Crippen LogP contribution is -2.31. The van der Waals surface area contributed by atoms with Crippen molar-refractivity contribution in [2.75, 3.05) is 19.6 Å². The highest BCUT2D eigenvalue weighted by Crippen LogP contribution is 2.22. The molecule has 3 rings (SSSR count). The van der Waals surface area contributed by atoms with Crippen LogP contribution in [0.4, 0.5) is 0 Å². The number of halogens is 1. The van der Waals surface area contributed by atoms with Gasteiger partial charge < -0.3 is 9.88 Å². The Morgan fingerprint density at radius 3 is 2.89 bits per heavy atom. The van der Waals surface area contributed by atoms with Crippen LogP contribution < -0.4 is 0 Å². The highest BCUT2D eigenvalue weighted by molar-refractivity contribution is 6.35. The summed E-state index contributed by atoms with van der Waals surface area (Å²) < 4.78 is 0. The van der Waals surface area contributed by atoms with Crippen LogP contribution in [0.25, 0.3) is 11.0 Å². The SMILES string of the molecule is Clc1ccnc2[nH]c(CCN3CCCCC3)cc12. The van der Waals surface area contributed by atoms with Crippen molar-refractivity contribution in [3.8, 4) is 0 Å². The van der Waals surface area contributed by atoms with Crippen molar-refractivity contribution in [3.05, 3.63) is 29.0 Å². The summed E-state index contributed by atoms with van der Waals surface area (Å²) in [6.45, 7) is 3.63. The van der Waals surface area contributed by atoms with E-state index in [2.05, 4.69) is 20.9 Å². The van der Waals surface area contributed by atoms with Crippen molar-refractivity contribution >= 4 is 22.6 Å². The molecule has 1 saturated heterocycles. The van der Waals surface area contributed by atoms with Crippen LogP contribution in [0.2, 0.25) is 5.02 Å². The van der Waals surface area contributed by atoms with Crippen molar-refractivity contribution in [1.29, 1.82) is 0 Å². The Labute approximate surface area is 112 Å². The Balaban J connectivity index is 1.69. The molecular weight excluding hydrogens is 246 g/mol. The minimum Gasteiger partial charge on any atom is -0.343 e. The minimum absolute atomic E-state index is 0.778. The molecule has 0 unspecified atom stereocenters. The molecule has 3 nitrogen and oxygen atoms in total. The second-order valence-electron chi connectivity index (χ2n) is 5.00. The van der Waals surface area contributed by atoms with Crippen LogP contribution in [0.15, 0.2) is 18.3 Å². The fourth-order valence-corrected chi connectivity index (χ4v) is 2.85. The van der Waals surface area contributed by atoms with Gasteiger partial charge in [0.15, 0.2) is 0 Å². The van der Waals surface area contributed by atoms with E-state index in [0.29, 0.717) is 0 Å². The molecule has 1 aliphatic rings. The maximum atomic E-state index is 6.15. The molecule has 0 spiro atoms. The lowest BCUT2D eigenvalue weighted by atomic mass is 10.1. The molecule has 96 valence electrons. The van der Waals surface area contributed by atoms with E-state index in [1.54, 1.807) is 6.20 Å². The van der Waals surface area contributed by atoms with Gasteiger partial charge in [-0.15, -0.1) is 0 Å². The van der Waals surface area contributed by atoms with Crippen LogP contribution >= 0.6 is 11.6 Å². The standard InChI is InChI=1S/C14H18ClN3/c15-13-4-6-16-14-12(13)10-11(17-14)5-9-18-7-2-1-3-8-18/h4,6,10H,1-3,5,7-9H2,(H,16,17). The molecule has 4 heteroatoms. The second-order valence-corrected chi connectivity index (χ2v) is 5.41. The topological polar surface area (TPSA) is 31.9 Å². The van der Waals surface area contributed by atoms with Gasteiger partial charge >= 0.3 is 0 Å². The van der Waals surface area contributed by atoms with Crippen molar-refractivity contribution in [2.24, 2.45) is 0 Å². The molecule has 18 heavy (non-hydrogen) atoms. The van der Waals surface area contributed by atoms with Gasteiger partial charge in [-0.1, -0.05) is 18.0 Å². The Bertz CT molecular complexity index is 529. The zero-order valence-corrected chi connectivity index (χ0v) is 11.2. The van der Waals surface area contributed by atoms with Gasteiger partial charge in [0, 0.05) is 30.2 Å². The maximum absolute atomic E-state index is 6.15. The molecule has 0 aliphatic carbocycles. The number of aromatic amines is 1. The first kappa shape index (κ1) is 12.0. The molecule has 1 fully saturated rings. The summed E-state index contributed by atoms with van der Waals surface area (Å²) >= 11 is 6.15. The van der Waals surface area contributed by atoms with Gasteiger partial charge in [-0.2, -0.15) is 0 Å². The van der Waals surface area contributed by atoms with Crippen molar-refractivity contribution in [1.82, 2.24) is 14.9 Å². The number of nitrogens with zero attached hydrogens (tertiary/aromatic N) is 2. The molecule has 2 aromatic heterocycles. The number of H-pyrrole nitrogens is 1. The van der Waals surface area contributed by atoms with E-state index in [4.69, 9.17) is 11.6 Å². The number of aromatic nitrogens is 2. The molecule has 1 N–H and O–H groups in total. The highest BCUT2D eigenvalue weighted by atomic mass is 35.5. The fourth-order valence-electron chi connectivity index (χ4n) is 2.65. The van der Waals surface area contributed by atoms with Crippen LogP contribution in [0, 0.1) is 0 Å². The average molecular weight is 264 g/mol. The van der Waals surface area contributed by atoms with E-state index < -0.39 is 0 Å². The van der Waals surface area contributed by atoms with E-state index in [1.165, 1.54) is 38.0 Å². The lowest BCUT2D eigenvalue weighted by Gasteiger charge is -2.25. The summed E-state index contributed by atoms with van der Waals surface area (Å²) in [5.74, 6) is 0. The Morgan fingerprint density at radius 1 is 1.28 bits per heavy atom. The zero-order valence-electron chi connectivity index (χ0n) is 10.5. The normalized spacial score (nSPS) is 17.4. The van der Waals surface area contributed by atoms with Crippen molar-refractivity contribution in [2.45, 2.75) is 25.7 Å². The van der Waals surface area contributed by atoms with Gasteiger partial charge in [-0.05, 0) is 38.1 Å². The predicted molar refractivity (Wildman–Crippen MR) is 75.1 cm³/mol. The Morgan fingerprint density at radius 2 is 2.11 bits per heavy atom. The van der Waals surface area contributed by atoms with Gasteiger partial charge in [0.05, 0.1) is 5.02 Å². The monoisotopic (exact) mass is 263 g/mol. The summed E-state index contributed by atoms with van der Waals surface area (Å²) in [6.07, 6.45) is 6.88. The van der Waals surface area contributed by atoms with Gasteiger partial charge in [-0.25, -0.2) is 4.98 Å². The summed E-state index contributed by atoms with van der Waals surface area (Å²) in [4.78, 5) is 10.2.